The molecule has 0 saturated heterocycles. The molecule has 2 rings (SSSR count). The Morgan fingerprint density at radius 3 is 2.90 bits per heavy atom. The monoisotopic (exact) mass is 329 g/mol. The van der Waals surface area contributed by atoms with Gasteiger partial charge in [-0.15, -0.1) is 23.1 Å². The summed E-state index contributed by atoms with van der Waals surface area (Å²) in [6, 6.07) is 3.68. The maximum Gasteiger partial charge on any atom is 0.199 e. The van der Waals surface area contributed by atoms with Crippen LogP contribution in [0.3, 0.4) is 0 Å². The molecule has 0 amide bonds. The van der Waals surface area contributed by atoms with Crippen molar-refractivity contribution < 1.29 is 9.94 Å². The Labute approximate surface area is 129 Å². The average molecular weight is 330 g/mol. The summed E-state index contributed by atoms with van der Waals surface area (Å²) in [5, 5.41) is 14.5. The van der Waals surface area contributed by atoms with E-state index in [0.717, 1.165) is 10.5 Å². The van der Waals surface area contributed by atoms with E-state index in [-0.39, 0.29) is 5.84 Å². The Kier molecular flexibility index (Phi) is 4.74. The highest BCUT2D eigenvalue weighted by molar-refractivity contribution is 7.98. The molecule has 3 N–H and O–H groups in total. The zero-order valence-electron chi connectivity index (χ0n) is 10.8. The highest BCUT2D eigenvalue weighted by Crippen LogP contribution is 2.38. The standard InChI is InChI=1S/C12H12ClN3O2S2/c1-18-9-4-6(3-7(13)10(9)19-2)8-5-20-12(15-8)11(14)16-17/h3-5,17H,1-2H3,(H2,14,16). The number of aromatic nitrogens is 1. The molecule has 8 heteroatoms. The second-order valence-corrected chi connectivity index (χ2v) is 5.80. The number of thiazole rings is 1. The van der Waals surface area contributed by atoms with Crippen LogP contribution in [0.5, 0.6) is 5.75 Å². The van der Waals surface area contributed by atoms with Gasteiger partial charge in [-0.05, 0) is 18.4 Å². The molecule has 0 spiro atoms. The van der Waals surface area contributed by atoms with Gasteiger partial charge >= 0.3 is 0 Å². The number of thioether (sulfide) groups is 1. The van der Waals surface area contributed by atoms with E-state index in [4.69, 9.17) is 27.3 Å². The van der Waals surface area contributed by atoms with Gasteiger partial charge in [0.15, 0.2) is 10.8 Å². The highest BCUT2D eigenvalue weighted by Gasteiger charge is 2.13. The molecule has 0 saturated carbocycles. The lowest BCUT2D eigenvalue weighted by atomic mass is 10.1. The first kappa shape index (κ1) is 15.0. The van der Waals surface area contributed by atoms with Crippen LogP contribution >= 0.6 is 34.7 Å². The van der Waals surface area contributed by atoms with E-state index in [9.17, 15) is 0 Å². The first-order valence-corrected chi connectivity index (χ1v) is 7.94. The molecule has 0 radical (unpaired) electrons. The van der Waals surface area contributed by atoms with Crippen LogP contribution in [0, 0.1) is 0 Å². The molecule has 0 bridgehead atoms. The number of amidine groups is 1. The number of rotatable bonds is 4. The molecule has 0 fully saturated rings. The summed E-state index contributed by atoms with van der Waals surface area (Å²) in [4.78, 5) is 5.18. The van der Waals surface area contributed by atoms with Gasteiger partial charge in [0.25, 0.3) is 0 Å². The third-order valence-corrected chi connectivity index (χ3v) is 4.66. The topological polar surface area (TPSA) is 80.7 Å². The van der Waals surface area contributed by atoms with Crippen molar-refractivity contribution in [2.45, 2.75) is 4.90 Å². The Hall–Kier alpha value is -1.44. The molecule has 5 nitrogen and oxygen atoms in total. The van der Waals surface area contributed by atoms with Gasteiger partial charge in [0.05, 0.1) is 22.7 Å². The molecule has 0 atom stereocenters. The summed E-state index contributed by atoms with van der Waals surface area (Å²) in [6.07, 6.45) is 1.93. The second kappa shape index (κ2) is 6.34. The molecule has 1 aromatic carbocycles. The van der Waals surface area contributed by atoms with Crippen LogP contribution in [-0.4, -0.2) is 29.4 Å². The smallest absolute Gasteiger partial charge is 0.199 e. The fourth-order valence-corrected chi connectivity index (χ4v) is 3.40. The Morgan fingerprint density at radius 2 is 2.30 bits per heavy atom. The third kappa shape index (κ3) is 2.84. The van der Waals surface area contributed by atoms with Crippen LogP contribution in [0.25, 0.3) is 11.3 Å². The number of nitrogens with two attached hydrogens (primary N) is 1. The summed E-state index contributed by atoms with van der Waals surface area (Å²) >= 11 is 9.05. The summed E-state index contributed by atoms with van der Waals surface area (Å²) in [6.45, 7) is 0. The molecular weight excluding hydrogens is 318 g/mol. The van der Waals surface area contributed by atoms with Crippen molar-refractivity contribution in [3.8, 4) is 17.0 Å². The zero-order chi connectivity index (χ0) is 14.7. The minimum Gasteiger partial charge on any atom is -0.496 e. The SMILES string of the molecule is COc1cc(-c2csc(C(N)=NO)n2)cc(Cl)c1SC. The number of oxime groups is 1. The summed E-state index contributed by atoms with van der Waals surface area (Å²) < 4.78 is 5.34. The lowest BCUT2D eigenvalue weighted by Crippen LogP contribution is -2.12. The zero-order valence-corrected chi connectivity index (χ0v) is 13.1. The fraction of sp³-hybridized carbons (Fsp3) is 0.167. The summed E-state index contributed by atoms with van der Waals surface area (Å²) in [7, 11) is 1.60. The minimum absolute atomic E-state index is 0.0138. The average Bonchev–Trinajstić information content (AvgIpc) is 2.95. The normalized spacial score (nSPS) is 11.7. The van der Waals surface area contributed by atoms with Crippen LogP contribution in [0.4, 0.5) is 0 Å². The van der Waals surface area contributed by atoms with Gasteiger partial charge in [-0.1, -0.05) is 16.8 Å². The third-order valence-electron chi connectivity index (χ3n) is 2.56. The number of hydrogen-bond acceptors (Lipinski definition) is 6. The van der Waals surface area contributed by atoms with Gasteiger partial charge in [0.2, 0.25) is 0 Å². The molecule has 0 aliphatic heterocycles. The van der Waals surface area contributed by atoms with E-state index in [1.165, 1.54) is 23.1 Å². The van der Waals surface area contributed by atoms with Crippen LogP contribution in [-0.2, 0) is 0 Å². The van der Waals surface area contributed by atoms with Gasteiger partial charge in [-0.25, -0.2) is 4.98 Å². The van der Waals surface area contributed by atoms with E-state index in [1.54, 1.807) is 7.11 Å². The Morgan fingerprint density at radius 1 is 1.55 bits per heavy atom. The van der Waals surface area contributed by atoms with Crippen LogP contribution in [0.2, 0.25) is 5.02 Å². The lowest BCUT2D eigenvalue weighted by molar-refractivity contribution is 0.318. The van der Waals surface area contributed by atoms with Gasteiger partial charge in [0, 0.05) is 10.9 Å². The second-order valence-electron chi connectivity index (χ2n) is 3.72. The van der Waals surface area contributed by atoms with Crippen molar-refractivity contribution in [2.24, 2.45) is 10.9 Å². The van der Waals surface area contributed by atoms with Gasteiger partial charge < -0.3 is 15.7 Å². The van der Waals surface area contributed by atoms with E-state index >= 15 is 0 Å². The van der Waals surface area contributed by atoms with Crippen LogP contribution in [0.15, 0.2) is 27.6 Å². The number of benzene rings is 1. The van der Waals surface area contributed by atoms with Crippen LogP contribution in [0.1, 0.15) is 5.01 Å². The number of hydrogen-bond donors (Lipinski definition) is 2. The van der Waals surface area contributed by atoms with Gasteiger partial charge in [0.1, 0.15) is 5.75 Å². The van der Waals surface area contributed by atoms with E-state index in [1.807, 2.05) is 23.8 Å². The molecule has 0 unspecified atom stereocenters. The first-order chi connectivity index (χ1) is 9.60. The predicted molar refractivity (Wildman–Crippen MR) is 83.4 cm³/mol. The van der Waals surface area contributed by atoms with E-state index < -0.39 is 0 Å². The van der Waals surface area contributed by atoms with Gasteiger partial charge in [-0.2, -0.15) is 0 Å². The Bertz CT molecular complexity index is 658. The summed E-state index contributed by atoms with van der Waals surface area (Å²) in [5.41, 5.74) is 7.03. The van der Waals surface area contributed by atoms with Crippen molar-refractivity contribution in [3.63, 3.8) is 0 Å². The molecule has 1 heterocycles. The molecule has 2 aromatic rings. The quantitative estimate of drug-likeness (QED) is 0.296. The van der Waals surface area contributed by atoms with E-state index in [2.05, 4.69) is 10.1 Å². The van der Waals surface area contributed by atoms with Crippen molar-refractivity contribution >= 4 is 40.5 Å². The number of halogens is 1. The molecule has 20 heavy (non-hydrogen) atoms. The maximum atomic E-state index is 8.65. The summed E-state index contributed by atoms with van der Waals surface area (Å²) in [5.74, 6) is 0.679. The van der Waals surface area contributed by atoms with Crippen molar-refractivity contribution in [3.05, 3.63) is 27.5 Å². The largest absolute Gasteiger partial charge is 0.496 e. The number of ether oxygens (including phenoxy) is 1. The number of methoxy groups -OCH3 is 1. The highest BCUT2D eigenvalue weighted by atomic mass is 35.5. The van der Waals surface area contributed by atoms with Crippen molar-refractivity contribution in [2.75, 3.05) is 13.4 Å². The molecule has 0 aliphatic carbocycles. The van der Waals surface area contributed by atoms with Crippen molar-refractivity contribution in [1.29, 1.82) is 0 Å². The van der Waals surface area contributed by atoms with Gasteiger partial charge in [-0.3, -0.25) is 0 Å². The van der Waals surface area contributed by atoms with Crippen molar-refractivity contribution in [1.82, 2.24) is 4.98 Å². The maximum absolute atomic E-state index is 8.65. The van der Waals surface area contributed by atoms with E-state index in [0.29, 0.717) is 21.5 Å². The predicted octanol–water partition coefficient (Wildman–Crippen LogP) is 3.29. The van der Waals surface area contributed by atoms with Crippen LogP contribution < -0.4 is 10.5 Å². The first-order valence-electron chi connectivity index (χ1n) is 5.46. The molecule has 106 valence electrons. The fourth-order valence-electron chi connectivity index (χ4n) is 1.63. The molecule has 1 aromatic heterocycles. The Balaban J connectivity index is 2.48. The molecular formula is C12H12ClN3O2S2. The molecule has 0 aliphatic rings. The number of nitrogens with zero attached hydrogens (tertiary/aromatic N) is 2. The lowest BCUT2D eigenvalue weighted by Gasteiger charge is -2.10. The minimum atomic E-state index is -0.0138.